The Morgan fingerprint density at radius 3 is 2.93 bits per heavy atom. The Labute approximate surface area is 100 Å². The predicted octanol–water partition coefficient (Wildman–Crippen LogP) is 1.35. The third kappa shape index (κ3) is 2.93. The zero-order valence-corrected chi connectivity index (χ0v) is 10.1. The molecular weight excluding hydrogens is 235 g/mol. The topological polar surface area (TPSA) is 41.1 Å². The van der Waals surface area contributed by atoms with E-state index in [0.717, 1.165) is 25.3 Å². The lowest BCUT2D eigenvalue weighted by Gasteiger charge is -2.24. The smallest absolute Gasteiger partial charge is 0.134 e. The van der Waals surface area contributed by atoms with Gasteiger partial charge in [0.05, 0.1) is 0 Å². The van der Waals surface area contributed by atoms with Crippen molar-refractivity contribution >= 4 is 29.8 Å². The van der Waals surface area contributed by atoms with Gasteiger partial charge in [0.25, 0.3) is 0 Å². The third-order valence-electron chi connectivity index (χ3n) is 2.56. The highest BCUT2D eigenvalue weighted by Gasteiger charge is 2.20. The molecule has 0 spiro atoms. The lowest BCUT2D eigenvalue weighted by Crippen LogP contribution is -2.33. The zero-order chi connectivity index (χ0) is 9.97. The van der Waals surface area contributed by atoms with Gasteiger partial charge in [0.1, 0.15) is 17.3 Å². The van der Waals surface area contributed by atoms with E-state index in [2.05, 4.69) is 20.2 Å². The second kappa shape index (κ2) is 5.49. The average molecular weight is 249 g/mol. The van der Waals surface area contributed by atoms with Crippen molar-refractivity contribution in [1.82, 2.24) is 15.3 Å². The summed E-state index contributed by atoms with van der Waals surface area (Å²) in [5.74, 6) is 0.888. The van der Waals surface area contributed by atoms with Gasteiger partial charge in [-0.1, -0.05) is 11.6 Å². The van der Waals surface area contributed by atoms with Gasteiger partial charge in [-0.2, -0.15) is 0 Å². The van der Waals surface area contributed by atoms with E-state index >= 15 is 0 Å². The Balaban J connectivity index is 0.00000112. The largest absolute Gasteiger partial charge is 0.355 e. The maximum Gasteiger partial charge on any atom is 0.134 e. The van der Waals surface area contributed by atoms with Crippen LogP contribution in [0.5, 0.6) is 0 Å². The van der Waals surface area contributed by atoms with Gasteiger partial charge in [-0.3, -0.25) is 0 Å². The molecule has 84 valence electrons. The number of nitrogens with one attached hydrogen (secondary N) is 1. The van der Waals surface area contributed by atoms with E-state index in [1.165, 1.54) is 6.33 Å². The second-order valence-electron chi connectivity index (χ2n) is 3.46. The molecule has 0 amide bonds. The molecule has 0 aliphatic carbocycles. The van der Waals surface area contributed by atoms with Crippen LogP contribution < -0.4 is 10.2 Å². The zero-order valence-electron chi connectivity index (χ0n) is 8.48. The molecule has 4 nitrogen and oxygen atoms in total. The summed E-state index contributed by atoms with van der Waals surface area (Å²) in [7, 11) is 2.04. The van der Waals surface area contributed by atoms with Crippen LogP contribution in [0.4, 0.5) is 5.82 Å². The summed E-state index contributed by atoms with van der Waals surface area (Å²) in [6.07, 6.45) is 2.65. The molecule has 1 aromatic rings. The Morgan fingerprint density at radius 2 is 2.33 bits per heavy atom. The van der Waals surface area contributed by atoms with E-state index in [-0.39, 0.29) is 12.4 Å². The highest BCUT2D eigenvalue weighted by Crippen LogP contribution is 2.17. The van der Waals surface area contributed by atoms with Crippen molar-refractivity contribution in [3.8, 4) is 0 Å². The van der Waals surface area contributed by atoms with E-state index < -0.39 is 0 Å². The highest BCUT2D eigenvalue weighted by molar-refractivity contribution is 6.29. The molecule has 0 saturated carbocycles. The summed E-state index contributed by atoms with van der Waals surface area (Å²) >= 11 is 5.80. The van der Waals surface area contributed by atoms with Gasteiger partial charge in [0, 0.05) is 25.7 Å². The van der Waals surface area contributed by atoms with Crippen molar-refractivity contribution in [2.24, 2.45) is 0 Å². The fourth-order valence-electron chi connectivity index (χ4n) is 1.67. The molecule has 2 heterocycles. The Hall–Kier alpha value is -0.580. The summed E-state index contributed by atoms with van der Waals surface area (Å²) in [6.45, 7) is 2.09. The maximum absolute atomic E-state index is 5.80. The lowest BCUT2D eigenvalue weighted by molar-refractivity contribution is 0.677. The molecule has 0 aromatic carbocycles. The number of likely N-dealkylation sites (N-methyl/N-ethyl adjacent to an activating group) is 1. The van der Waals surface area contributed by atoms with Gasteiger partial charge in [-0.25, -0.2) is 9.97 Å². The third-order valence-corrected chi connectivity index (χ3v) is 2.77. The average Bonchev–Trinajstić information content (AvgIpc) is 2.69. The van der Waals surface area contributed by atoms with Crippen molar-refractivity contribution in [3.05, 3.63) is 17.5 Å². The van der Waals surface area contributed by atoms with Crippen LogP contribution in [0.1, 0.15) is 6.42 Å². The molecule has 2 rings (SSSR count). The van der Waals surface area contributed by atoms with Gasteiger partial charge >= 0.3 is 0 Å². The van der Waals surface area contributed by atoms with Gasteiger partial charge in [-0.15, -0.1) is 12.4 Å². The quantitative estimate of drug-likeness (QED) is 0.803. The molecule has 6 heteroatoms. The van der Waals surface area contributed by atoms with Gasteiger partial charge < -0.3 is 10.2 Å². The fraction of sp³-hybridized carbons (Fsp3) is 0.556. The van der Waals surface area contributed by atoms with Crippen molar-refractivity contribution in [2.45, 2.75) is 12.5 Å². The van der Waals surface area contributed by atoms with Crippen LogP contribution in [-0.2, 0) is 0 Å². The first-order valence-corrected chi connectivity index (χ1v) is 5.06. The van der Waals surface area contributed by atoms with Crippen LogP contribution in [0.2, 0.25) is 5.15 Å². The van der Waals surface area contributed by atoms with E-state index in [1.54, 1.807) is 6.07 Å². The monoisotopic (exact) mass is 248 g/mol. The Morgan fingerprint density at radius 1 is 1.53 bits per heavy atom. The van der Waals surface area contributed by atoms with Crippen molar-refractivity contribution in [2.75, 3.05) is 25.0 Å². The van der Waals surface area contributed by atoms with Gasteiger partial charge in [-0.05, 0) is 13.0 Å². The minimum absolute atomic E-state index is 0. The predicted molar refractivity (Wildman–Crippen MR) is 64.0 cm³/mol. The minimum Gasteiger partial charge on any atom is -0.355 e. The minimum atomic E-state index is 0. The van der Waals surface area contributed by atoms with Crippen LogP contribution in [0.15, 0.2) is 12.4 Å². The maximum atomic E-state index is 5.80. The Kier molecular flexibility index (Phi) is 4.57. The lowest BCUT2D eigenvalue weighted by atomic mass is 10.2. The molecule has 0 unspecified atom stereocenters. The number of halogens is 2. The van der Waals surface area contributed by atoms with E-state index in [9.17, 15) is 0 Å². The summed E-state index contributed by atoms with van der Waals surface area (Å²) < 4.78 is 0. The molecule has 1 N–H and O–H groups in total. The first-order valence-electron chi connectivity index (χ1n) is 4.68. The summed E-state index contributed by atoms with van der Waals surface area (Å²) in [6, 6.07) is 2.31. The van der Waals surface area contributed by atoms with Crippen molar-refractivity contribution in [3.63, 3.8) is 0 Å². The Bertz CT molecular complexity index is 315. The van der Waals surface area contributed by atoms with Gasteiger partial charge in [0.15, 0.2) is 0 Å². The fourth-order valence-corrected chi connectivity index (χ4v) is 1.82. The normalized spacial score (nSPS) is 19.7. The van der Waals surface area contributed by atoms with Crippen LogP contribution in [0.3, 0.4) is 0 Å². The van der Waals surface area contributed by atoms with Crippen LogP contribution in [0.25, 0.3) is 0 Å². The van der Waals surface area contributed by atoms with Crippen LogP contribution in [0, 0.1) is 0 Å². The molecule has 15 heavy (non-hydrogen) atoms. The first kappa shape index (κ1) is 12.5. The molecule has 1 aliphatic rings. The van der Waals surface area contributed by atoms with Crippen LogP contribution >= 0.6 is 24.0 Å². The van der Waals surface area contributed by atoms with E-state index in [1.807, 2.05) is 7.05 Å². The molecule has 1 atom stereocenters. The van der Waals surface area contributed by atoms with Crippen molar-refractivity contribution in [1.29, 1.82) is 0 Å². The molecule has 1 saturated heterocycles. The molecule has 0 bridgehead atoms. The summed E-state index contributed by atoms with van der Waals surface area (Å²) in [5, 5.41) is 3.81. The second-order valence-corrected chi connectivity index (χ2v) is 3.84. The number of anilines is 1. The van der Waals surface area contributed by atoms with Crippen LogP contribution in [-0.4, -0.2) is 36.1 Å². The van der Waals surface area contributed by atoms with E-state index in [0.29, 0.717) is 11.2 Å². The molecular formula is C9H14Cl2N4. The number of nitrogens with zero attached hydrogens (tertiary/aromatic N) is 3. The standard InChI is InChI=1S/C9H13ClN4.ClH/c1-14(7-2-3-11-5-7)9-4-8(10)12-6-13-9;/h4,6-7,11H,2-3,5H2,1H3;1H/t7-;/m1./s1. The number of hydrogen-bond donors (Lipinski definition) is 1. The molecule has 0 radical (unpaired) electrons. The molecule has 1 aromatic heterocycles. The van der Waals surface area contributed by atoms with E-state index in [4.69, 9.17) is 11.6 Å². The molecule has 1 fully saturated rings. The number of hydrogen-bond acceptors (Lipinski definition) is 4. The number of rotatable bonds is 2. The van der Waals surface area contributed by atoms with Crippen molar-refractivity contribution < 1.29 is 0 Å². The summed E-state index contributed by atoms with van der Waals surface area (Å²) in [4.78, 5) is 10.2. The SMILES string of the molecule is CN(c1cc(Cl)ncn1)[C@@H]1CCNC1.Cl. The number of aromatic nitrogens is 2. The highest BCUT2D eigenvalue weighted by atomic mass is 35.5. The van der Waals surface area contributed by atoms with Gasteiger partial charge in [0.2, 0.25) is 0 Å². The summed E-state index contributed by atoms with van der Waals surface area (Å²) in [5.41, 5.74) is 0. The first-order chi connectivity index (χ1) is 6.77. The molecule has 1 aliphatic heterocycles.